The second-order valence-electron chi connectivity index (χ2n) is 3.79. The van der Waals surface area contributed by atoms with Gasteiger partial charge in [0.25, 0.3) is 5.91 Å². The second-order valence-corrected chi connectivity index (χ2v) is 3.79. The molecule has 0 unspecified atom stereocenters. The molecule has 0 aromatic carbocycles. The highest BCUT2D eigenvalue weighted by atomic mass is 16.2. The summed E-state index contributed by atoms with van der Waals surface area (Å²) >= 11 is 0. The lowest BCUT2D eigenvalue weighted by Gasteiger charge is -2.11. The van der Waals surface area contributed by atoms with E-state index in [0.29, 0.717) is 12.5 Å². The number of carbonyl (C=O) groups excluding carboxylic acids is 1. The molecule has 0 radical (unpaired) electrons. The molecule has 5 heteroatoms. The highest BCUT2D eigenvalue weighted by Gasteiger charge is 2.28. The summed E-state index contributed by atoms with van der Waals surface area (Å²) in [6.45, 7) is 4.08. The van der Waals surface area contributed by atoms with Crippen LogP contribution in [0, 0.1) is 0 Å². The number of nitrogens with zero attached hydrogens (tertiary/aromatic N) is 3. The smallest absolute Gasteiger partial charge is 0.293 e. The Kier molecular flexibility index (Phi) is 2.53. The Labute approximate surface area is 88.2 Å². The standard InChI is InChI=1S/C10H14N4O/c1-3-6-14(2)10(15)9-11-8(12-13-9)7-4-5-7/h3,7H,1,4-6H2,2H3,(H,11,12,13). The molecule has 1 aromatic heterocycles. The molecule has 0 aliphatic heterocycles. The van der Waals surface area contributed by atoms with Crippen LogP contribution in [-0.4, -0.2) is 39.6 Å². The van der Waals surface area contributed by atoms with Gasteiger partial charge in [0.1, 0.15) is 5.82 Å². The van der Waals surface area contributed by atoms with Gasteiger partial charge in [-0.15, -0.1) is 11.7 Å². The Morgan fingerprint density at radius 3 is 3.07 bits per heavy atom. The first-order valence-corrected chi connectivity index (χ1v) is 5.01. The van der Waals surface area contributed by atoms with Crippen molar-refractivity contribution in [2.75, 3.05) is 13.6 Å². The Morgan fingerprint density at radius 1 is 1.73 bits per heavy atom. The molecule has 0 bridgehead atoms. The van der Waals surface area contributed by atoms with Crippen LogP contribution in [0.25, 0.3) is 0 Å². The van der Waals surface area contributed by atoms with Crippen LogP contribution in [0.3, 0.4) is 0 Å². The third-order valence-electron chi connectivity index (χ3n) is 2.41. The van der Waals surface area contributed by atoms with Gasteiger partial charge in [0, 0.05) is 19.5 Å². The van der Waals surface area contributed by atoms with E-state index in [1.807, 2.05) is 0 Å². The number of rotatable bonds is 4. The first kappa shape index (κ1) is 9.89. The summed E-state index contributed by atoms with van der Waals surface area (Å²) < 4.78 is 0. The second kappa shape index (κ2) is 3.84. The molecule has 15 heavy (non-hydrogen) atoms. The molecule has 1 fully saturated rings. The fourth-order valence-electron chi connectivity index (χ4n) is 1.36. The molecule has 0 atom stereocenters. The summed E-state index contributed by atoms with van der Waals surface area (Å²) in [6, 6.07) is 0. The van der Waals surface area contributed by atoms with Gasteiger partial charge in [-0.1, -0.05) is 6.08 Å². The molecule has 1 aliphatic carbocycles. The first-order valence-electron chi connectivity index (χ1n) is 5.01. The lowest BCUT2D eigenvalue weighted by molar-refractivity contribution is 0.0798. The molecular weight excluding hydrogens is 192 g/mol. The third kappa shape index (κ3) is 2.06. The van der Waals surface area contributed by atoms with Gasteiger partial charge in [0.15, 0.2) is 0 Å². The van der Waals surface area contributed by atoms with Gasteiger partial charge in [0.2, 0.25) is 5.82 Å². The number of amides is 1. The predicted molar refractivity (Wildman–Crippen MR) is 55.5 cm³/mol. The van der Waals surface area contributed by atoms with Crippen molar-refractivity contribution in [3.05, 3.63) is 24.3 Å². The lowest BCUT2D eigenvalue weighted by atomic mass is 10.4. The Morgan fingerprint density at radius 2 is 2.47 bits per heavy atom. The number of hydrogen-bond acceptors (Lipinski definition) is 3. The van der Waals surface area contributed by atoms with Gasteiger partial charge >= 0.3 is 0 Å². The minimum Gasteiger partial charge on any atom is -0.335 e. The number of carbonyl (C=O) groups is 1. The van der Waals surface area contributed by atoms with Crippen LogP contribution >= 0.6 is 0 Å². The van der Waals surface area contributed by atoms with E-state index >= 15 is 0 Å². The van der Waals surface area contributed by atoms with Crippen molar-refractivity contribution in [1.29, 1.82) is 0 Å². The molecule has 0 spiro atoms. The van der Waals surface area contributed by atoms with Crippen molar-refractivity contribution < 1.29 is 4.79 Å². The molecule has 1 N–H and O–H groups in total. The maximum atomic E-state index is 11.7. The number of hydrogen-bond donors (Lipinski definition) is 1. The molecular formula is C10H14N4O. The van der Waals surface area contributed by atoms with E-state index in [1.165, 1.54) is 4.90 Å². The fraction of sp³-hybridized carbons (Fsp3) is 0.500. The largest absolute Gasteiger partial charge is 0.335 e. The van der Waals surface area contributed by atoms with Crippen molar-refractivity contribution >= 4 is 5.91 Å². The van der Waals surface area contributed by atoms with E-state index in [-0.39, 0.29) is 11.7 Å². The van der Waals surface area contributed by atoms with Crippen LogP contribution in [0.2, 0.25) is 0 Å². The van der Waals surface area contributed by atoms with Crippen LogP contribution in [0.1, 0.15) is 35.2 Å². The van der Waals surface area contributed by atoms with Crippen LogP contribution in [-0.2, 0) is 0 Å². The van der Waals surface area contributed by atoms with Crippen LogP contribution in [0.5, 0.6) is 0 Å². The summed E-state index contributed by atoms with van der Waals surface area (Å²) in [7, 11) is 1.71. The maximum absolute atomic E-state index is 11.7. The molecule has 1 aliphatic rings. The van der Waals surface area contributed by atoms with Crippen molar-refractivity contribution in [2.45, 2.75) is 18.8 Å². The van der Waals surface area contributed by atoms with E-state index in [9.17, 15) is 4.79 Å². The monoisotopic (exact) mass is 206 g/mol. The highest BCUT2D eigenvalue weighted by Crippen LogP contribution is 2.37. The zero-order valence-electron chi connectivity index (χ0n) is 8.73. The lowest BCUT2D eigenvalue weighted by Crippen LogP contribution is -2.27. The van der Waals surface area contributed by atoms with Crippen molar-refractivity contribution in [3.63, 3.8) is 0 Å². The molecule has 2 rings (SSSR count). The SMILES string of the molecule is C=CCN(C)C(=O)c1n[nH]c(C2CC2)n1. The number of aromatic nitrogens is 3. The fourth-order valence-corrected chi connectivity index (χ4v) is 1.36. The zero-order valence-corrected chi connectivity index (χ0v) is 8.73. The van der Waals surface area contributed by atoms with Gasteiger partial charge in [-0.25, -0.2) is 4.98 Å². The molecule has 0 saturated heterocycles. The van der Waals surface area contributed by atoms with Gasteiger partial charge in [-0.2, -0.15) is 0 Å². The van der Waals surface area contributed by atoms with Crippen LogP contribution < -0.4 is 0 Å². The van der Waals surface area contributed by atoms with Gasteiger partial charge < -0.3 is 4.90 Å². The average molecular weight is 206 g/mol. The van der Waals surface area contributed by atoms with Crippen molar-refractivity contribution in [1.82, 2.24) is 20.1 Å². The van der Waals surface area contributed by atoms with E-state index in [1.54, 1.807) is 13.1 Å². The summed E-state index contributed by atoms with van der Waals surface area (Å²) in [4.78, 5) is 17.4. The van der Waals surface area contributed by atoms with E-state index in [4.69, 9.17) is 0 Å². The number of H-pyrrole nitrogens is 1. The van der Waals surface area contributed by atoms with Gasteiger partial charge in [-0.05, 0) is 12.8 Å². The molecule has 1 heterocycles. The average Bonchev–Trinajstić information content (AvgIpc) is 2.96. The molecule has 5 nitrogen and oxygen atoms in total. The molecule has 80 valence electrons. The zero-order chi connectivity index (χ0) is 10.8. The topological polar surface area (TPSA) is 61.9 Å². The number of aromatic amines is 1. The predicted octanol–water partition coefficient (Wildman–Crippen LogP) is 0.940. The summed E-state index contributed by atoms with van der Waals surface area (Å²) in [6.07, 6.45) is 3.96. The van der Waals surface area contributed by atoms with Gasteiger partial charge in [0.05, 0.1) is 0 Å². The Hall–Kier alpha value is -1.65. The summed E-state index contributed by atoms with van der Waals surface area (Å²) in [5, 5.41) is 6.73. The minimum atomic E-state index is -0.168. The molecule has 1 aromatic rings. The summed E-state index contributed by atoms with van der Waals surface area (Å²) in [5.74, 6) is 1.41. The third-order valence-corrected chi connectivity index (χ3v) is 2.41. The van der Waals surface area contributed by atoms with Crippen LogP contribution in [0.4, 0.5) is 0 Å². The minimum absolute atomic E-state index is 0.168. The quantitative estimate of drug-likeness (QED) is 0.746. The van der Waals surface area contributed by atoms with Gasteiger partial charge in [-0.3, -0.25) is 9.89 Å². The first-order chi connectivity index (χ1) is 7.22. The highest BCUT2D eigenvalue weighted by molar-refractivity contribution is 5.90. The van der Waals surface area contributed by atoms with Crippen molar-refractivity contribution in [3.8, 4) is 0 Å². The normalized spacial score (nSPS) is 15.0. The number of nitrogens with one attached hydrogen (secondary N) is 1. The number of likely N-dealkylation sites (N-methyl/N-ethyl adjacent to an activating group) is 1. The van der Waals surface area contributed by atoms with Crippen LogP contribution in [0.15, 0.2) is 12.7 Å². The maximum Gasteiger partial charge on any atom is 0.293 e. The Bertz CT molecular complexity index is 381. The summed E-state index contributed by atoms with van der Waals surface area (Å²) in [5.41, 5.74) is 0. The van der Waals surface area contributed by atoms with Crippen molar-refractivity contribution in [2.24, 2.45) is 0 Å². The van der Waals surface area contributed by atoms with E-state index < -0.39 is 0 Å². The van der Waals surface area contributed by atoms with E-state index in [2.05, 4.69) is 21.8 Å². The van der Waals surface area contributed by atoms with E-state index in [0.717, 1.165) is 18.7 Å². The molecule has 1 amide bonds. The molecule has 1 saturated carbocycles. The Balaban J connectivity index is 2.07.